The number of aryl methyl sites for hydroxylation is 1. The van der Waals surface area contributed by atoms with Crippen LogP contribution in [0.25, 0.3) is 0 Å². The van der Waals surface area contributed by atoms with Crippen molar-refractivity contribution in [3.05, 3.63) is 86.3 Å². The van der Waals surface area contributed by atoms with E-state index in [1.807, 2.05) is 55.5 Å². The number of hydrogen-bond donors (Lipinski definition) is 0. The van der Waals surface area contributed by atoms with E-state index in [0.717, 1.165) is 25.6 Å². The predicted octanol–water partition coefficient (Wildman–Crippen LogP) is 6.69. The SMILES string of the molecule is Cc1ccc(S(=O)(=O)N2c3ccc(Br)cc3C(C)(C)c3cc(Br)ccc32)cc1. The molecule has 0 spiro atoms. The molecule has 0 N–H and O–H groups in total. The molecule has 0 saturated carbocycles. The second-order valence-corrected chi connectivity index (χ2v) is 11.1. The first-order chi connectivity index (χ1) is 13.1. The highest BCUT2D eigenvalue weighted by atomic mass is 79.9. The molecule has 144 valence electrons. The van der Waals surface area contributed by atoms with Crippen molar-refractivity contribution in [2.45, 2.75) is 31.1 Å². The van der Waals surface area contributed by atoms with Gasteiger partial charge in [0.15, 0.2) is 0 Å². The largest absolute Gasteiger partial charge is 0.268 e. The van der Waals surface area contributed by atoms with Gasteiger partial charge in [-0.2, -0.15) is 0 Å². The first-order valence-electron chi connectivity index (χ1n) is 8.84. The van der Waals surface area contributed by atoms with Crippen LogP contribution < -0.4 is 4.31 Å². The molecule has 3 aromatic rings. The quantitative estimate of drug-likeness (QED) is 0.377. The molecule has 0 amide bonds. The van der Waals surface area contributed by atoms with Gasteiger partial charge in [0, 0.05) is 14.4 Å². The molecule has 0 fully saturated rings. The minimum Gasteiger partial charge on any atom is -0.234 e. The number of hydrogen-bond acceptors (Lipinski definition) is 2. The molecular formula is C22H19Br2NO2S. The maximum absolute atomic E-state index is 13.7. The number of anilines is 2. The van der Waals surface area contributed by atoms with E-state index in [4.69, 9.17) is 0 Å². The molecule has 28 heavy (non-hydrogen) atoms. The van der Waals surface area contributed by atoms with Gasteiger partial charge in [-0.1, -0.05) is 63.4 Å². The summed E-state index contributed by atoms with van der Waals surface area (Å²) in [6, 6.07) is 18.5. The first-order valence-corrected chi connectivity index (χ1v) is 11.9. The first kappa shape index (κ1) is 19.7. The van der Waals surface area contributed by atoms with Crippen molar-refractivity contribution in [2.75, 3.05) is 4.31 Å². The Hall–Kier alpha value is -1.63. The maximum atomic E-state index is 13.7. The lowest BCUT2D eigenvalue weighted by Crippen LogP contribution is -2.36. The monoisotopic (exact) mass is 519 g/mol. The normalized spacial score (nSPS) is 15.1. The van der Waals surface area contributed by atoms with Crippen molar-refractivity contribution < 1.29 is 8.42 Å². The van der Waals surface area contributed by atoms with Crippen molar-refractivity contribution in [1.82, 2.24) is 0 Å². The van der Waals surface area contributed by atoms with Crippen LogP contribution in [-0.2, 0) is 15.4 Å². The Balaban J connectivity index is 2.05. The zero-order valence-electron chi connectivity index (χ0n) is 15.7. The fourth-order valence-corrected chi connectivity index (χ4v) is 5.97. The molecule has 4 rings (SSSR count). The molecule has 1 aliphatic heterocycles. The predicted molar refractivity (Wildman–Crippen MR) is 121 cm³/mol. The van der Waals surface area contributed by atoms with Gasteiger partial charge in [-0.05, 0) is 66.6 Å². The number of nitrogens with zero attached hydrogens (tertiary/aromatic N) is 1. The maximum Gasteiger partial charge on any atom is 0.268 e. The molecule has 1 heterocycles. The van der Waals surface area contributed by atoms with Crippen molar-refractivity contribution >= 4 is 53.3 Å². The average molecular weight is 521 g/mol. The van der Waals surface area contributed by atoms with E-state index in [1.54, 1.807) is 12.1 Å². The standard InChI is InChI=1S/C22H19Br2NO2S/c1-14-4-8-17(9-5-14)28(26,27)25-20-10-6-15(23)12-18(20)22(2,3)19-13-16(24)7-11-21(19)25/h4-13H,1-3H3. The molecule has 6 heteroatoms. The number of sulfonamides is 1. The van der Waals surface area contributed by atoms with Gasteiger partial charge < -0.3 is 0 Å². The summed E-state index contributed by atoms with van der Waals surface area (Å²) < 4.78 is 30.7. The fourth-order valence-electron chi connectivity index (χ4n) is 3.72. The van der Waals surface area contributed by atoms with E-state index in [1.165, 1.54) is 4.31 Å². The van der Waals surface area contributed by atoms with E-state index in [9.17, 15) is 8.42 Å². The van der Waals surface area contributed by atoms with Crippen LogP contribution in [0.4, 0.5) is 11.4 Å². The Labute approximate surface area is 182 Å². The third-order valence-electron chi connectivity index (χ3n) is 5.26. The second-order valence-electron chi connectivity index (χ2n) is 7.53. The number of fused-ring (bicyclic) bond motifs is 2. The van der Waals surface area contributed by atoms with Gasteiger partial charge in [-0.3, -0.25) is 0 Å². The lowest BCUT2D eigenvalue weighted by molar-refractivity contribution is 0.590. The molecule has 0 atom stereocenters. The summed E-state index contributed by atoms with van der Waals surface area (Å²) in [4.78, 5) is 0.278. The highest BCUT2D eigenvalue weighted by molar-refractivity contribution is 9.10. The van der Waals surface area contributed by atoms with Crippen LogP contribution in [0.2, 0.25) is 0 Å². The minimum atomic E-state index is -3.78. The van der Waals surface area contributed by atoms with Crippen molar-refractivity contribution in [3.8, 4) is 0 Å². The molecule has 3 aromatic carbocycles. The third kappa shape index (κ3) is 3.02. The zero-order valence-corrected chi connectivity index (χ0v) is 19.7. The van der Waals surface area contributed by atoms with Gasteiger partial charge in [-0.15, -0.1) is 0 Å². The van der Waals surface area contributed by atoms with Crippen LogP contribution in [0.3, 0.4) is 0 Å². The van der Waals surface area contributed by atoms with E-state index in [0.29, 0.717) is 11.4 Å². The Morgan fingerprint density at radius 1 is 0.786 bits per heavy atom. The summed E-state index contributed by atoms with van der Waals surface area (Å²) in [5.74, 6) is 0. The second kappa shape index (κ2) is 6.71. The highest BCUT2D eigenvalue weighted by Crippen LogP contribution is 2.51. The summed E-state index contributed by atoms with van der Waals surface area (Å²) in [6.45, 7) is 6.19. The van der Waals surface area contributed by atoms with Gasteiger partial charge in [0.2, 0.25) is 0 Å². The number of rotatable bonds is 2. The fraction of sp³-hybridized carbons (Fsp3) is 0.182. The molecule has 1 aliphatic rings. The van der Waals surface area contributed by atoms with E-state index in [2.05, 4.69) is 45.7 Å². The van der Waals surface area contributed by atoms with Crippen molar-refractivity contribution in [2.24, 2.45) is 0 Å². The number of benzene rings is 3. The van der Waals surface area contributed by atoms with Crippen LogP contribution in [0.5, 0.6) is 0 Å². The topological polar surface area (TPSA) is 37.4 Å². The number of halogens is 2. The van der Waals surface area contributed by atoms with Gasteiger partial charge in [0.25, 0.3) is 10.0 Å². The lowest BCUT2D eigenvalue weighted by Gasteiger charge is -2.41. The molecule has 0 radical (unpaired) electrons. The molecular weight excluding hydrogens is 502 g/mol. The molecule has 0 saturated heterocycles. The Morgan fingerprint density at radius 2 is 1.25 bits per heavy atom. The average Bonchev–Trinajstić information content (AvgIpc) is 2.63. The summed E-state index contributed by atoms with van der Waals surface area (Å²) in [5.41, 5.74) is 3.96. The Bertz CT molecular complexity index is 1130. The van der Waals surface area contributed by atoms with Crippen molar-refractivity contribution in [3.63, 3.8) is 0 Å². The van der Waals surface area contributed by atoms with Gasteiger partial charge in [0.1, 0.15) is 0 Å². The minimum absolute atomic E-state index is 0.278. The van der Waals surface area contributed by atoms with E-state index in [-0.39, 0.29) is 10.3 Å². The van der Waals surface area contributed by atoms with Crippen molar-refractivity contribution in [1.29, 1.82) is 0 Å². The third-order valence-corrected chi connectivity index (χ3v) is 7.99. The Kier molecular flexibility index (Phi) is 4.72. The lowest BCUT2D eigenvalue weighted by atomic mass is 9.74. The van der Waals surface area contributed by atoms with Gasteiger partial charge >= 0.3 is 0 Å². The van der Waals surface area contributed by atoms with E-state index >= 15 is 0 Å². The molecule has 0 aromatic heterocycles. The summed E-state index contributed by atoms with van der Waals surface area (Å²) in [7, 11) is -3.78. The van der Waals surface area contributed by atoms with Gasteiger partial charge in [-0.25, -0.2) is 12.7 Å². The smallest absolute Gasteiger partial charge is 0.234 e. The van der Waals surface area contributed by atoms with Crippen LogP contribution in [0.1, 0.15) is 30.5 Å². The Morgan fingerprint density at radius 3 is 1.71 bits per heavy atom. The van der Waals surface area contributed by atoms with E-state index < -0.39 is 10.0 Å². The van der Waals surface area contributed by atoms with Gasteiger partial charge in [0.05, 0.1) is 16.3 Å². The molecule has 0 bridgehead atoms. The zero-order chi connectivity index (χ0) is 20.3. The molecule has 3 nitrogen and oxygen atoms in total. The summed E-state index contributed by atoms with van der Waals surface area (Å²) >= 11 is 7.09. The summed E-state index contributed by atoms with van der Waals surface area (Å²) in [6.07, 6.45) is 0. The molecule has 0 unspecified atom stereocenters. The highest BCUT2D eigenvalue weighted by Gasteiger charge is 2.41. The summed E-state index contributed by atoms with van der Waals surface area (Å²) in [5, 5.41) is 0. The van der Waals surface area contributed by atoms with Crippen LogP contribution >= 0.6 is 31.9 Å². The molecule has 0 aliphatic carbocycles. The van der Waals surface area contributed by atoms with Crippen LogP contribution in [-0.4, -0.2) is 8.42 Å². The van der Waals surface area contributed by atoms with Crippen LogP contribution in [0.15, 0.2) is 74.5 Å². The van der Waals surface area contributed by atoms with Crippen LogP contribution in [0, 0.1) is 6.92 Å².